The van der Waals surface area contributed by atoms with E-state index in [0.29, 0.717) is 27.8 Å². The molecule has 8 heteroatoms. The molecule has 26 heavy (non-hydrogen) atoms. The van der Waals surface area contributed by atoms with Crippen molar-refractivity contribution in [2.75, 3.05) is 10.6 Å². The lowest BCUT2D eigenvalue weighted by Crippen LogP contribution is -2.14. The molecule has 0 unspecified atom stereocenters. The summed E-state index contributed by atoms with van der Waals surface area (Å²) in [4.78, 5) is 20.5. The molecule has 1 aromatic heterocycles. The van der Waals surface area contributed by atoms with Crippen molar-refractivity contribution < 1.29 is 4.79 Å². The van der Waals surface area contributed by atoms with Gasteiger partial charge in [-0.05, 0) is 24.3 Å². The maximum Gasteiger partial charge on any atom is 0.275 e. The fourth-order valence-corrected chi connectivity index (χ4v) is 2.47. The number of rotatable bonds is 4. The largest absolute Gasteiger partial charge is 0.338 e. The molecular weight excluding hydrogens is 373 g/mol. The van der Waals surface area contributed by atoms with E-state index in [-0.39, 0.29) is 10.7 Å². The third-order valence-corrected chi connectivity index (χ3v) is 4.21. The van der Waals surface area contributed by atoms with Gasteiger partial charge in [0.05, 0.1) is 39.4 Å². The normalized spacial score (nSPS) is 10.0. The molecule has 2 N–H and O–H groups in total. The highest BCUT2D eigenvalue weighted by atomic mass is 35.5. The fraction of sp³-hybridized carbons (Fsp3) is 0. The molecule has 0 aliphatic rings. The van der Waals surface area contributed by atoms with Gasteiger partial charge in [0, 0.05) is 0 Å². The predicted molar refractivity (Wildman–Crippen MR) is 101 cm³/mol. The van der Waals surface area contributed by atoms with Crippen LogP contribution >= 0.6 is 23.2 Å². The summed E-state index contributed by atoms with van der Waals surface area (Å²) in [5, 5.41) is 15.3. The molecular formula is C18H11Cl2N5O. The first-order valence-corrected chi connectivity index (χ1v) is 8.17. The van der Waals surface area contributed by atoms with Crippen LogP contribution in [0.25, 0.3) is 0 Å². The Balaban J connectivity index is 1.74. The summed E-state index contributed by atoms with van der Waals surface area (Å²) < 4.78 is 0. The van der Waals surface area contributed by atoms with Crippen molar-refractivity contribution in [1.82, 2.24) is 9.97 Å². The van der Waals surface area contributed by atoms with E-state index in [4.69, 9.17) is 28.5 Å². The Morgan fingerprint density at radius 2 is 1.77 bits per heavy atom. The molecule has 6 nitrogen and oxygen atoms in total. The lowest BCUT2D eigenvalue weighted by Gasteiger charge is -2.09. The van der Waals surface area contributed by atoms with E-state index in [1.165, 1.54) is 12.4 Å². The van der Waals surface area contributed by atoms with Gasteiger partial charge in [-0.25, -0.2) is 9.97 Å². The van der Waals surface area contributed by atoms with Crippen LogP contribution in [-0.2, 0) is 0 Å². The van der Waals surface area contributed by atoms with Gasteiger partial charge in [0.15, 0.2) is 0 Å². The summed E-state index contributed by atoms with van der Waals surface area (Å²) in [7, 11) is 0. The van der Waals surface area contributed by atoms with E-state index in [0.717, 1.165) is 0 Å². The van der Waals surface area contributed by atoms with E-state index >= 15 is 0 Å². The number of nitrogens with one attached hydrogen (secondary N) is 2. The Morgan fingerprint density at radius 3 is 2.50 bits per heavy atom. The highest BCUT2D eigenvalue weighted by molar-refractivity contribution is 6.44. The second-order valence-electron chi connectivity index (χ2n) is 5.12. The van der Waals surface area contributed by atoms with Crippen LogP contribution in [0.4, 0.5) is 17.2 Å². The van der Waals surface area contributed by atoms with Gasteiger partial charge < -0.3 is 10.6 Å². The molecule has 0 radical (unpaired) electrons. The van der Waals surface area contributed by atoms with Crippen molar-refractivity contribution in [3.63, 3.8) is 0 Å². The lowest BCUT2D eigenvalue weighted by molar-refractivity contribution is 0.102. The molecule has 0 spiro atoms. The predicted octanol–water partition coefficient (Wildman–Crippen LogP) is 4.65. The number of carbonyl (C=O) groups is 1. The highest BCUT2D eigenvalue weighted by Crippen LogP contribution is 2.29. The van der Waals surface area contributed by atoms with Crippen LogP contribution in [0.3, 0.4) is 0 Å². The number of anilines is 3. The number of nitriles is 1. The average Bonchev–Trinajstić information content (AvgIpc) is 2.66. The molecule has 1 amide bonds. The Labute approximate surface area is 159 Å². The quantitative estimate of drug-likeness (QED) is 0.683. The minimum atomic E-state index is -0.467. The second-order valence-corrected chi connectivity index (χ2v) is 5.91. The van der Waals surface area contributed by atoms with Gasteiger partial charge in [0.1, 0.15) is 17.6 Å². The van der Waals surface area contributed by atoms with E-state index in [2.05, 4.69) is 26.7 Å². The van der Waals surface area contributed by atoms with E-state index in [1.807, 2.05) is 0 Å². The summed E-state index contributed by atoms with van der Waals surface area (Å²) in [5.41, 5.74) is 1.58. The molecule has 0 saturated heterocycles. The van der Waals surface area contributed by atoms with E-state index in [9.17, 15) is 4.79 Å². The molecule has 2 aromatic carbocycles. The van der Waals surface area contributed by atoms with E-state index < -0.39 is 5.91 Å². The summed E-state index contributed by atoms with van der Waals surface area (Å²) >= 11 is 12.0. The van der Waals surface area contributed by atoms with Crippen LogP contribution in [0.15, 0.2) is 54.9 Å². The number of aromatic nitrogens is 2. The smallest absolute Gasteiger partial charge is 0.275 e. The molecule has 0 bridgehead atoms. The first-order chi connectivity index (χ1) is 12.6. The maximum atomic E-state index is 12.3. The molecule has 3 aromatic rings. The first-order valence-electron chi connectivity index (χ1n) is 7.42. The van der Waals surface area contributed by atoms with Crippen LogP contribution in [-0.4, -0.2) is 15.9 Å². The third-order valence-electron chi connectivity index (χ3n) is 3.39. The summed E-state index contributed by atoms with van der Waals surface area (Å²) in [6.45, 7) is 0. The summed E-state index contributed by atoms with van der Waals surface area (Å²) in [6.07, 6.45) is 2.73. The second kappa shape index (κ2) is 7.83. The zero-order valence-electron chi connectivity index (χ0n) is 13.2. The number of hydrogen-bond donors (Lipinski definition) is 2. The minimum Gasteiger partial charge on any atom is -0.338 e. The molecule has 0 aliphatic heterocycles. The summed E-state index contributed by atoms with van der Waals surface area (Å²) in [5.74, 6) is -0.0596. The molecule has 128 valence electrons. The Kier molecular flexibility index (Phi) is 5.32. The van der Waals surface area contributed by atoms with Crippen molar-refractivity contribution in [3.8, 4) is 6.07 Å². The van der Waals surface area contributed by atoms with Gasteiger partial charge in [0.25, 0.3) is 5.91 Å². The van der Waals surface area contributed by atoms with Gasteiger partial charge in [-0.1, -0.05) is 41.4 Å². The van der Waals surface area contributed by atoms with Crippen LogP contribution < -0.4 is 10.6 Å². The van der Waals surface area contributed by atoms with Crippen molar-refractivity contribution in [3.05, 3.63) is 76.2 Å². The number of amides is 1. The Morgan fingerprint density at radius 1 is 1.00 bits per heavy atom. The number of carbonyl (C=O) groups excluding carboxylic acids is 1. The van der Waals surface area contributed by atoms with Gasteiger partial charge in [-0.3, -0.25) is 4.79 Å². The highest BCUT2D eigenvalue weighted by Gasteiger charge is 2.12. The third kappa shape index (κ3) is 3.91. The van der Waals surface area contributed by atoms with Crippen molar-refractivity contribution in [2.45, 2.75) is 0 Å². The van der Waals surface area contributed by atoms with Crippen LogP contribution in [0.5, 0.6) is 0 Å². The SMILES string of the molecule is N#Cc1ccccc1Nc1cnc(C(=O)Nc2cccc(Cl)c2Cl)cn1. The first kappa shape index (κ1) is 17.7. The van der Waals surface area contributed by atoms with Gasteiger partial charge >= 0.3 is 0 Å². The Hall–Kier alpha value is -3.14. The standard InChI is InChI=1S/C18H11Cl2N5O/c19-12-5-3-7-14(17(12)20)25-18(26)15-9-23-16(10-22-15)24-13-6-2-1-4-11(13)8-21/h1-7,9-10H,(H,23,24)(H,25,26). The van der Waals surface area contributed by atoms with Gasteiger partial charge in [-0.2, -0.15) is 5.26 Å². The lowest BCUT2D eigenvalue weighted by atomic mass is 10.2. The van der Waals surface area contributed by atoms with Gasteiger partial charge in [0.2, 0.25) is 0 Å². The number of benzene rings is 2. The van der Waals surface area contributed by atoms with Gasteiger partial charge in [-0.15, -0.1) is 0 Å². The fourth-order valence-electron chi connectivity index (χ4n) is 2.12. The van der Waals surface area contributed by atoms with Crippen molar-refractivity contribution in [2.24, 2.45) is 0 Å². The number of hydrogen-bond acceptors (Lipinski definition) is 5. The molecule has 0 atom stereocenters. The zero-order valence-corrected chi connectivity index (χ0v) is 14.7. The van der Waals surface area contributed by atoms with Crippen LogP contribution in [0.2, 0.25) is 10.0 Å². The molecule has 3 rings (SSSR count). The maximum absolute atomic E-state index is 12.3. The molecule has 0 aliphatic carbocycles. The topological polar surface area (TPSA) is 90.7 Å². The number of para-hydroxylation sites is 1. The molecule has 0 fully saturated rings. The zero-order chi connectivity index (χ0) is 18.5. The van der Waals surface area contributed by atoms with E-state index in [1.54, 1.807) is 42.5 Å². The molecule has 0 saturated carbocycles. The summed E-state index contributed by atoms with van der Waals surface area (Å²) in [6, 6.07) is 14.0. The van der Waals surface area contributed by atoms with Crippen molar-refractivity contribution >= 4 is 46.3 Å². The number of halogens is 2. The van der Waals surface area contributed by atoms with Crippen LogP contribution in [0, 0.1) is 11.3 Å². The van der Waals surface area contributed by atoms with Crippen molar-refractivity contribution in [1.29, 1.82) is 5.26 Å². The minimum absolute atomic E-state index is 0.111. The molecule has 1 heterocycles. The number of nitrogens with zero attached hydrogens (tertiary/aromatic N) is 3. The average molecular weight is 384 g/mol. The Bertz CT molecular complexity index is 999. The van der Waals surface area contributed by atoms with Crippen LogP contribution in [0.1, 0.15) is 16.1 Å². The monoisotopic (exact) mass is 383 g/mol.